The molecule has 0 unspecified atom stereocenters. The lowest BCUT2D eigenvalue weighted by Crippen LogP contribution is -2.14. The minimum atomic E-state index is -3.51. The average molecular weight is 275 g/mol. The summed E-state index contributed by atoms with van der Waals surface area (Å²) >= 11 is 0. The maximum Gasteiger partial charge on any atom is 0.182 e. The van der Waals surface area contributed by atoms with Gasteiger partial charge < -0.3 is 10.5 Å². The Hall–Kier alpha value is -1.14. The molecule has 0 amide bonds. The van der Waals surface area contributed by atoms with Gasteiger partial charge in [0.05, 0.1) is 22.9 Å². The lowest BCUT2D eigenvalue weighted by atomic mass is 10.3. The Balaban J connectivity index is 2.63. The molecule has 18 heavy (non-hydrogen) atoms. The van der Waals surface area contributed by atoms with Gasteiger partial charge in [-0.15, -0.1) is 0 Å². The van der Waals surface area contributed by atoms with Gasteiger partial charge in [0.2, 0.25) is 0 Å². The summed E-state index contributed by atoms with van der Waals surface area (Å²) in [5, 5.41) is 0. The Kier molecular flexibility index (Phi) is 5.55. The summed E-state index contributed by atoms with van der Waals surface area (Å²) in [5.74, 6) is -0.697. The van der Waals surface area contributed by atoms with E-state index in [-0.39, 0.29) is 22.9 Å². The molecule has 0 aliphatic rings. The maximum atomic E-state index is 12.8. The van der Waals surface area contributed by atoms with Crippen LogP contribution in [0.15, 0.2) is 23.1 Å². The SMILES string of the molecule is CCCCOCCS(=O)(=O)c1ccc(F)cc1N. The number of ether oxygens (including phenoxy) is 1. The number of unbranched alkanes of at least 4 members (excludes halogenated alkanes) is 1. The van der Waals surface area contributed by atoms with Crippen LogP contribution in [0.3, 0.4) is 0 Å². The summed E-state index contributed by atoms with van der Waals surface area (Å²) in [6.07, 6.45) is 1.90. The zero-order chi connectivity index (χ0) is 13.6. The summed E-state index contributed by atoms with van der Waals surface area (Å²) in [6, 6.07) is 3.28. The van der Waals surface area contributed by atoms with Gasteiger partial charge in [0.25, 0.3) is 0 Å². The number of nitrogen functional groups attached to an aromatic ring is 1. The van der Waals surface area contributed by atoms with Crippen molar-refractivity contribution in [3.05, 3.63) is 24.0 Å². The second-order valence-electron chi connectivity index (χ2n) is 3.97. The average Bonchev–Trinajstić information content (AvgIpc) is 2.28. The third-order valence-corrected chi connectivity index (χ3v) is 4.19. The first-order valence-electron chi connectivity index (χ1n) is 5.83. The van der Waals surface area contributed by atoms with Crippen molar-refractivity contribution in [1.29, 1.82) is 0 Å². The first-order chi connectivity index (χ1) is 8.47. The Labute approximate surface area is 107 Å². The lowest BCUT2D eigenvalue weighted by molar-refractivity contribution is 0.146. The molecule has 0 saturated carbocycles. The third kappa shape index (κ3) is 4.27. The van der Waals surface area contributed by atoms with E-state index in [1.807, 2.05) is 6.92 Å². The van der Waals surface area contributed by atoms with E-state index in [9.17, 15) is 12.8 Å². The highest BCUT2D eigenvalue weighted by atomic mass is 32.2. The van der Waals surface area contributed by atoms with Gasteiger partial charge in [0.1, 0.15) is 5.82 Å². The second kappa shape index (κ2) is 6.70. The highest BCUT2D eigenvalue weighted by molar-refractivity contribution is 7.91. The molecule has 1 aromatic rings. The molecule has 102 valence electrons. The molecule has 0 aliphatic carbocycles. The molecule has 0 fully saturated rings. The monoisotopic (exact) mass is 275 g/mol. The van der Waals surface area contributed by atoms with Crippen LogP contribution in [0.5, 0.6) is 0 Å². The molecule has 0 heterocycles. The zero-order valence-electron chi connectivity index (χ0n) is 10.4. The minimum absolute atomic E-state index is 0.0389. The van der Waals surface area contributed by atoms with Crippen LogP contribution >= 0.6 is 0 Å². The summed E-state index contributed by atoms with van der Waals surface area (Å²) in [6.45, 7) is 2.70. The molecule has 6 heteroatoms. The minimum Gasteiger partial charge on any atom is -0.398 e. The topological polar surface area (TPSA) is 69.4 Å². The Morgan fingerprint density at radius 3 is 2.67 bits per heavy atom. The molecule has 0 spiro atoms. The summed E-state index contributed by atoms with van der Waals surface area (Å²) < 4.78 is 41.9. The van der Waals surface area contributed by atoms with E-state index in [1.165, 1.54) is 6.07 Å². The first-order valence-corrected chi connectivity index (χ1v) is 7.48. The first kappa shape index (κ1) is 14.9. The van der Waals surface area contributed by atoms with Gasteiger partial charge in [-0.05, 0) is 24.6 Å². The van der Waals surface area contributed by atoms with Crippen molar-refractivity contribution in [3.8, 4) is 0 Å². The molecule has 0 aliphatic heterocycles. The molecule has 2 N–H and O–H groups in total. The van der Waals surface area contributed by atoms with E-state index in [2.05, 4.69) is 0 Å². The quantitative estimate of drug-likeness (QED) is 0.469. The van der Waals surface area contributed by atoms with E-state index >= 15 is 0 Å². The number of hydrogen-bond donors (Lipinski definition) is 1. The van der Waals surface area contributed by atoms with Gasteiger partial charge in [-0.2, -0.15) is 0 Å². The number of hydrogen-bond acceptors (Lipinski definition) is 4. The van der Waals surface area contributed by atoms with Crippen LogP contribution in [0.1, 0.15) is 19.8 Å². The Bertz CT molecular complexity index is 488. The predicted molar refractivity (Wildman–Crippen MR) is 68.6 cm³/mol. The summed E-state index contributed by atoms with van der Waals surface area (Å²) in [4.78, 5) is -0.0389. The zero-order valence-corrected chi connectivity index (χ0v) is 11.2. The van der Waals surface area contributed by atoms with Crippen molar-refractivity contribution in [2.24, 2.45) is 0 Å². The number of sulfone groups is 1. The molecule has 0 atom stereocenters. The van der Waals surface area contributed by atoms with Crippen LogP contribution in [-0.4, -0.2) is 27.4 Å². The largest absolute Gasteiger partial charge is 0.398 e. The van der Waals surface area contributed by atoms with Gasteiger partial charge >= 0.3 is 0 Å². The fourth-order valence-corrected chi connectivity index (χ4v) is 2.68. The van der Waals surface area contributed by atoms with E-state index in [0.717, 1.165) is 25.0 Å². The van der Waals surface area contributed by atoms with Gasteiger partial charge in [-0.3, -0.25) is 0 Å². The van der Waals surface area contributed by atoms with Crippen LogP contribution in [0.2, 0.25) is 0 Å². The predicted octanol–water partition coefficient (Wildman–Crippen LogP) is 2.00. The van der Waals surface area contributed by atoms with E-state index in [1.54, 1.807) is 0 Å². The summed E-state index contributed by atoms with van der Waals surface area (Å²) in [7, 11) is -3.51. The van der Waals surface area contributed by atoms with Gasteiger partial charge in [-0.25, -0.2) is 12.8 Å². The van der Waals surface area contributed by atoms with E-state index in [4.69, 9.17) is 10.5 Å². The molecule has 1 rings (SSSR count). The van der Waals surface area contributed by atoms with Gasteiger partial charge in [0.15, 0.2) is 9.84 Å². The van der Waals surface area contributed by atoms with Crippen molar-refractivity contribution in [3.63, 3.8) is 0 Å². The number of anilines is 1. The second-order valence-corrected chi connectivity index (χ2v) is 6.04. The lowest BCUT2D eigenvalue weighted by Gasteiger charge is -2.08. The number of benzene rings is 1. The summed E-state index contributed by atoms with van der Waals surface area (Å²) in [5.41, 5.74) is 5.43. The third-order valence-electron chi connectivity index (χ3n) is 2.45. The number of halogens is 1. The van der Waals surface area contributed by atoms with Gasteiger partial charge in [0, 0.05) is 6.61 Å². The van der Waals surface area contributed by atoms with Crippen molar-refractivity contribution < 1.29 is 17.5 Å². The standard InChI is InChI=1S/C12H18FNO3S/c1-2-3-6-17-7-8-18(15,16)12-5-4-10(13)9-11(12)14/h4-5,9H,2-3,6-8,14H2,1H3. The Morgan fingerprint density at radius 2 is 2.06 bits per heavy atom. The highest BCUT2D eigenvalue weighted by Crippen LogP contribution is 2.20. The maximum absolute atomic E-state index is 12.8. The van der Waals surface area contributed by atoms with Crippen LogP contribution < -0.4 is 5.73 Å². The molecule has 0 aromatic heterocycles. The highest BCUT2D eigenvalue weighted by Gasteiger charge is 2.17. The van der Waals surface area contributed by atoms with E-state index in [0.29, 0.717) is 6.61 Å². The molecule has 0 radical (unpaired) electrons. The van der Waals surface area contributed by atoms with Crippen molar-refractivity contribution in [2.45, 2.75) is 24.7 Å². The molecule has 0 saturated heterocycles. The molecule has 4 nitrogen and oxygen atoms in total. The number of nitrogens with two attached hydrogens (primary N) is 1. The fourth-order valence-electron chi connectivity index (χ4n) is 1.43. The van der Waals surface area contributed by atoms with Crippen LogP contribution in [-0.2, 0) is 14.6 Å². The van der Waals surface area contributed by atoms with E-state index < -0.39 is 15.7 Å². The van der Waals surface area contributed by atoms with Crippen molar-refractivity contribution in [2.75, 3.05) is 24.7 Å². The van der Waals surface area contributed by atoms with Crippen LogP contribution in [0.25, 0.3) is 0 Å². The normalized spacial score (nSPS) is 11.7. The molecule has 1 aromatic carbocycles. The smallest absolute Gasteiger partial charge is 0.182 e. The fraction of sp³-hybridized carbons (Fsp3) is 0.500. The van der Waals surface area contributed by atoms with Crippen LogP contribution in [0, 0.1) is 5.82 Å². The molecular formula is C12H18FNO3S. The van der Waals surface area contributed by atoms with Crippen molar-refractivity contribution in [1.82, 2.24) is 0 Å². The molecular weight excluding hydrogens is 257 g/mol. The van der Waals surface area contributed by atoms with Crippen LogP contribution in [0.4, 0.5) is 10.1 Å². The number of rotatable bonds is 7. The molecule has 0 bridgehead atoms. The van der Waals surface area contributed by atoms with Crippen molar-refractivity contribution >= 4 is 15.5 Å². The Morgan fingerprint density at radius 1 is 1.33 bits per heavy atom. The van der Waals surface area contributed by atoms with Gasteiger partial charge in [-0.1, -0.05) is 13.3 Å².